The van der Waals surface area contributed by atoms with E-state index in [1.807, 2.05) is 37.4 Å². The molecule has 0 radical (unpaired) electrons. The van der Waals surface area contributed by atoms with Crippen LogP contribution in [0.1, 0.15) is 29.7 Å². The molecule has 0 aliphatic carbocycles. The second kappa shape index (κ2) is 8.09. The van der Waals surface area contributed by atoms with Crippen molar-refractivity contribution >= 4 is 28.9 Å². The minimum absolute atomic E-state index is 0.00644. The molecular formula is C18H21ClN3O3+. The Hall–Kier alpha value is -2.44. The summed E-state index contributed by atoms with van der Waals surface area (Å²) in [7, 11) is 0. The van der Waals surface area contributed by atoms with E-state index in [2.05, 4.69) is 5.32 Å². The summed E-state index contributed by atoms with van der Waals surface area (Å²) in [6, 6.07) is 10.5. The number of carbonyl (C=O) groups excluding carboxylic acids is 1. The van der Waals surface area contributed by atoms with E-state index in [4.69, 9.17) is 11.6 Å². The van der Waals surface area contributed by atoms with E-state index in [1.54, 1.807) is 19.1 Å². The average Bonchev–Trinajstić information content (AvgIpc) is 2.57. The molecule has 0 heterocycles. The number of benzene rings is 2. The molecule has 0 fully saturated rings. The summed E-state index contributed by atoms with van der Waals surface area (Å²) in [4.78, 5) is 23.0. The largest absolute Gasteiger partial charge is 0.332 e. The highest BCUT2D eigenvalue weighted by Gasteiger charge is 2.21. The van der Waals surface area contributed by atoms with Crippen molar-refractivity contribution in [1.82, 2.24) is 0 Å². The molecule has 6 nitrogen and oxygen atoms in total. The zero-order chi connectivity index (χ0) is 18.6. The van der Waals surface area contributed by atoms with E-state index < -0.39 is 4.92 Å². The molecule has 25 heavy (non-hydrogen) atoms. The summed E-state index contributed by atoms with van der Waals surface area (Å²) in [6.45, 7) is 5.69. The van der Waals surface area contributed by atoms with Gasteiger partial charge >= 0.3 is 0 Å². The van der Waals surface area contributed by atoms with Gasteiger partial charge < -0.3 is 10.6 Å². The molecule has 0 bridgehead atoms. The van der Waals surface area contributed by atoms with Gasteiger partial charge in [0.25, 0.3) is 11.6 Å². The first-order valence-electron chi connectivity index (χ1n) is 7.93. The number of rotatable bonds is 6. The fourth-order valence-corrected chi connectivity index (χ4v) is 2.86. The smallest absolute Gasteiger partial charge is 0.293 e. The van der Waals surface area contributed by atoms with Crippen molar-refractivity contribution in [2.75, 3.05) is 11.9 Å². The maximum Gasteiger partial charge on any atom is 0.293 e. The maximum atomic E-state index is 12.3. The number of nitro benzene ring substituents is 1. The number of hydrogen-bond acceptors (Lipinski definition) is 3. The van der Waals surface area contributed by atoms with Crippen LogP contribution in [-0.2, 0) is 4.79 Å². The quantitative estimate of drug-likeness (QED) is 0.611. The number of aryl methyl sites for hydroxylation is 1. The van der Waals surface area contributed by atoms with Crippen LogP contribution in [0.25, 0.3) is 0 Å². The third-order valence-corrected chi connectivity index (χ3v) is 4.57. The Bertz CT molecular complexity index is 808. The van der Waals surface area contributed by atoms with E-state index in [-0.39, 0.29) is 29.9 Å². The zero-order valence-electron chi connectivity index (χ0n) is 14.4. The highest BCUT2D eigenvalue weighted by Crippen LogP contribution is 2.30. The minimum atomic E-state index is -0.488. The molecule has 0 spiro atoms. The molecule has 0 aromatic heterocycles. The summed E-state index contributed by atoms with van der Waals surface area (Å²) in [6.07, 6.45) is 0. The van der Waals surface area contributed by atoms with Gasteiger partial charge in [-0.1, -0.05) is 35.9 Å². The lowest BCUT2D eigenvalue weighted by atomic mass is 10.1. The first-order valence-corrected chi connectivity index (χ1v) is 8.31. The van der Waals surface area contributed by atoms with Crippen molar-refractivity contribution in [3.05, 3.63) is 68.2 Å². The first kappa shape index (κ1) is 18.9. The van der Waals surface area contributed by atoms with Crippen LogP contribution in [-0.4, -0.2) is 17.4 Å². The molecule has 0 aliphatic rings. The van der Waals surface area contributed by atoms with Crippen LogP contribution >= 0.6 is 11.6 Å². The predicted octanol–water partition coefficient (Wildman–Crippen LogP) is 3.13. The first-order chi connectivity index (χ1) is 11.8. The molecule has 2 aromatic carbocycles. The molecule has 0 saturated carbocycles. The van der Waals surface area contributed by atoms with Crippen LogP contribution in [0.4, 0.5) is 11.4 Å². The highest BCUT2D eigenvalue weighted by molar-refractivity contribution is 6.31. The van der Waals surface area contributed by atoms with Crippen LogP contribution in [0.2, 0.25) is 5.02 Å². The molecule has 1 amide bonds. The van der Waals surface area contributed by atoms with Crippen molar-refractivity contribution in [2.24, 2.45) is 0 Å². The van der Waals surface area contributed by atoms with Crippen molar-refractivity contribution in [3.63, 3.8) is 0 Å². The Balaban J connectivity index is 2.07. The Morgan fingerprint density at radius 2 is 1.96 bits per heavy atom. The topological polar surface area (TPSA) is 88.9 Å². The van der Waals surface area contributed by atoms with Gasteiger partial charge in [0.1, 0.15) is 11.7 Å². The number of nitrogens with one attached hydrogen (secondary N) is 1. The monoisotopic (exact) mass is 362 g/mol. The van der Waals surface area contributed by atoms with E-state index in [1.165, 1.54) is 6.07 Å². The Morgan fingerprint density at radius 1 is 1.28 bits per heavy atom. The SMILES string of the molecule is Cc1ccc([N+](=O)[O-])c(NC(=O)C[NH2+][C@@H](C)c2ccccc2Cl)c1C. The van der Waals surface area contributed by atoms with Crippen molar-refractivity contribution in [2.45, 2.75) is 26.8 Å². The molecular weight excluding hydrogens is 342 g/mol. The normalized spacial score (nSPS) is 11.8. The summed E-state index contributed by atoms with van der Waals surface area (Å²) >= 11 is 6.16. The molecule has 3 N–H and O–H groups in total. The maximum absolute atomic E-state index is 12.3. The zero-order valence-corrected chi connectivity index (χ0v) is 15.1. The van der Waals surface area contributed by atoms with Gasteiger partial charge in [-0.15, -0.1) is 0 Å². The fourth-order valence-electron chi connectivity index (χ4n) is 2.56. The van der Waals surface area contributed by atoms with Gasteiger partial charge in [0, 0.05) is 16.7 Å². The Morgan fingerprint density at radius 3 is 2.60 bits per heavy atom. The second-order valence-electron chi connectivity index (χ2n) is 5.96. The third kappa shape index (κ3) is 4.55. The number of amides is 1. The standard InChI is InChI=1S/C18H20ClN3O3/c1-11-8-9-16(22(24)25)18(12(11)2)21-17(23)10-20-13(3)14-6-4-5-7-15(14)19/h4-9,13,20H,10H2,1-3H3,(H,21,23)/p+1/t13-/m0/s1. The van der Waals surface area contributed by atoms with Crippen LogP contribution < -0.4 is 10.6 Å². The van der Waals surface area contributed by atoms with Crippen LogP contribution in [0.5, 0.6) is 0 Å². The van der Waals surface area contributed by atoms with Gasteiger partial charge in [-0.2, -0.15) is 0 Å². The van der Waals surface area contributed by atoms with Crippen molar-refractivity contribution < 1.29 is 15.0 Å². The number of nitrogens with zero attached hydrogens (tertiary/aromatic N) is 1. The van der Waals surface area contributed by atoms with E-state index in [0.29, 0.717) is 10.6 Å². The molecule has 2 aromatic rings. The number of quaternary nitrogens is 1. The number of nitrogens with two attached hydrogens (primary N) is 1. The van der Waals surface area contributed by atoms with Gasteiger partial charge in [0.05, 0.1) is 4.92 Å². The van der Waals surface area contributed by atoms with Gasteiger partial charge in [-0.25, -0.2) is 0 Å². The van der Waals surface area contributed by atoms with Crippen LogP contribution in [0.3, 0.4) is 0 Å². The number of carbonyl (C=O) groups is 1. The molecule has 1 atom stereocenters. The van der Waals surface area contributed by atoms with Gasteiger partial charge in [0.15, 0.2) is 6.54 Å². The van der Waals surface area contributed by atoms with Crippen LogP contribution in [0.15, 0.2) is 36.4 Å². The predicted molar refractivity (Wildman–Crippen MR) is 97.9 cm³/mol. The molecule has 2 rings (SSSR count). The van der Waals surface area contributed by atoms with Crippen molar-refractivity contribution in [1.29, 1.82) is 0 Å². The molecule has 7 heteroatoms. The van der Waals surface area contributed by atoms with Gasteiger partial charge in [0.2, 0.25) is 0 Å². The van der Waals surface area contributed by atoms with Crippen LogP contribution in [0, 0.1) is 24.0 Å². The summed E-state index contributed by atoms with van der Waals surface area (Å²) in [5.74, 6) is -0.296. The second-order valence-corrected chi connectivity index (χ2v) is 6.36. The molecule has 0 aliphatic heterocycles. The lowest BCUT2D eigenvalue weighted by Gasteiger charge is -2.14. The lowest BCUT2D eigenvalue weighted by molar-refractivity contribution is -0.682. The van der Waals surface area contributed by atoms with E-state index >= 15 is 0 Å². The van der Waals surface area contributed by atoms with E-state index in [9.17, 15) is 14.9 Å². The number of halogens is 1. The third-order valence-electron chi connectivity index (χ3n) is 4.23. The van der Waals surface area contributed by atoms with E-state index in [0.717, 1.165) is 11.1 Å². The lowest BCUT2D eigenvalue weighted by Crippen LogP contribution is -2.86. The summed E-state index contributed by atoms with van der Waals surface area (Å²) < 4.78 is 0. The number of hydrogen-bond donors (Lipinski definition) is 2. The summed E-state index contributed by atoms with van der Waals surface area (Å²) in [5.41, 5.74) is 2.68. The molecule has 0 saturated heterocycles. The van der Waals surface area contributed by atoms with Gasteiger partial charge in [-0.05, 0) is 38.0 Å². The average molecular weight is 363 g/mol. The Kier molecular flexibility index (Phi) is 6.12. The fraction of sp³-hybridized carbons (Fsp3) is 0.278. The number of nitro groups is 1. The van der Waals surface area contributed by atoms with Crippen molar-refractivity contribution in [3.8, 4) is 0 Å². The number of anilines is 1. The van der Waals surface area contributed by atoms with Gasteiger partial charge in [-0.3, -0.25) is 14.9 Å². The molecule has 0 unspecified atom stereocenters. The minimum Gasteiger partial charge on any atom is -0.332 e. The molecule has 132 valence electrons. The Labute approximate surface area is 151 Å². The highest BCUT2D eigenvalue weighted by atomic mass is 35.5. The summed E-state index contributed by atoms with van der Waals surface area (Å²) in [5, 5.41) is 16.4.